The van der Waals surface area contributed by atoms with Crippen molar-refractivity contribution >= 4 is 11.4 Å². The molecule has 3 heterocycles. The van der Waals surface area contributed by atoms with Gasteiger partial charge in [0.25, 0.3) is 0 Å². The molecule has 3 aliphatic heterocycles. The van der Waals surface area contributed by atoms with E-state index in [1.807, 2.05) is 0 Å². The number of hydrogen-bond acceptors (Lipinski definition) is 3. The molecule has 0 aliphatic carbocycles. The molecular formula is C25H33N3. The van der Waals surface area contributed by atoms with E-state index in [0.717, 1.165) is 12.6 Å². The van der Waals surface area contributed by atoms with Gasteiger partial charge in [-0.3, -0.25) is 0 Å². The maximum absolute atomic E-state index is 3.61. The molecule has 28 heavy (non-hydrogen) atoms. The molecule has 1 fully saturated rings. The number of rotatable bonds is 5. The third-order valence-electron chi connectivity index (χ3n) is 7.24. The lowest BCUT2D eigenvalue weighted by Gasteiger charge is -2.40. The molecule has 3 nitrogen and oxygen atoms in total. The minimum absolute atomic E-state index is 0.656. The molecule has 0 aromatic heterocycles. The highest BCUT2D eigenvalue weighted by molar-refractivity contribution is 5.80. The third-order valence-corrected chi connectivity index (χ3v) is 7.24. The van der Waals surface area contributed by atoms with Gasteiger partial charge in [0.2, 0.25) is 0 Å². The summed E-state index contributed by atoms with van der Waals surface area (Å²) in [5, 5.41) is 3.61. The zero-order valence-corrected chi connectivity index (χ0v) is 17.3. The zero-order valence-electron chi connectivity index (χ0n) is 17.3. The fourth-order valence-electron chi connectivity index (χ4n) is 5.65. The fourth-order valence-corrected chi connectivity index (χ4v) is 5.65. The highest BCUT2D eigenvalue weighted by Gasteiger charge is 2.43. The van der Waals surface area contributed by atoms with Crippen LogP contribution < -0.4 is 10.2 Å². The minimum atomic E-state index is 0.656. The quantitative estimate of drug-likeness (QED) is 0.795. The molecule has 0 saturated carbocycles. The van der Waals surface area contributed by atoms with E-state index in [4.69, 9.17) is 0 Å². The van der Waals surface area contributed by atoms with Gasteiger partial charge >= 0.3 is 0 Å². The van der Waals surface area contributed by atoms with Gasteiger partial charge in [-0.1, -0.05) is 48.9 Å². The van der Waals surface area contributed by atoms with E-state index in [1.165, 1.54) is 67.9 Å². The van der Waals surface area contributed by atoms with E-state index in [-0.39, 0.29) is 0 Å². The van der Waals surface area contributed by atoms with Crippen molar-refractivity contribution in [2.24, 2.45) is 0 Å². The summed E-state index contributed by atoms with van der Waals surface area (Å²) in [6.07, 6.45) is 3.89. The number of fused-ring (bicyclic) bond motifs is 3. The highest BCUT2D eigenvalue weighted by atomic mass is 15.3. The monoisotopic (exact) mass is 375 g/mol. The molecule has 3 atom stereocenters. The molecular weight excluding hydrogens is 342 g/mol. The molecule has 2 aromatic carbocycles. The summed E-state index contributed by atoms with van der Waals surface area (Å²) < 4.78 is 0. The third kappa shape index (κ3) is 3.20. The Hall–Kier alpha value is -2.00. The standard InChI is InChI=1S/C25H33N3/c1-18-8-10-20(11-9-18)19(2)5-4-14-27-15-12-24-22(17-27)21-6-3-7-23-25(21)28(24)16-13-26-23/h3,6-11,19,22,24,26H,4-5,12-17H2,1-2H3. The van der Waals surface area contributed by atoms with Crippen molar-refractivity contribution in [2.45, 2.75) is 51.0 Å². The van der Waals surface area contributed by atoms with Crippen molar-refractivity contribution in [3.05, 3.63) is 59.2 Å². The van der Waals surface area contributed by atoms with Crippen LogP contribution in [0.15, 0.2) is 42.5 Å². The number of benzene rings is 2. The summed E-state index contributed by atoms with van der Waals surface area (Å²) >= 11 is 0. The molecule has 3 aliphatic rings. The Morgan fingerprint density at radius 3 is 2.82 bits per heavy atom. The number of anilines is 2. The molecule has 5 rings (SSSR count). The number of aryl methyl sites for hydroxylation is 1. The second-order valence-electron chi connectivity index (χ2n) is 9.08. The number of likely N-dealkylation sites (tertiary alicyclic amines) is 1. The van der Waals surface area contributed by atoms with Crippen molar-refractivity contribution in [3.63, 3.8) is 0 Å². The van der Waals surface area contributed by atoms with Crippen molar-refractivity contribution in [2.75, 3.05) is 42.9 Å². The summed E-state index contributed by atoms with van der Waals surface area (Å²) in [7, 11) is 0. The first-order chi connectivity index (χ1) is 13.7. The van der Waals surface area contributed by atoms with Gasteiger partial charge in [-0.25, -0.2) is 0 Å². The molecule has 1 N–H and O–H groups in total. The van der Waals surface area contributed by atoms with Crippen molar-refractivity contribution in [3.8, 4) is 0 Å². The molecule has 3 heteroatoms. The predicted molar refractivity (Wildman–Crippen MR) is 119 cm³/mol. The van der Waals surface area contributed by atoms with Crippen LogP contribution in [0.5, 0.6) is 0 Å². The van der Waals surface area contributed by atoms with Gasteiger partial charge in [-0.2, -0.15) is 0 Å². The van der Waals surface area contributed by atoms with Gasteiger partial charge in [-0.05, 0) is 55.8 Å². The second-order valence-corrected chi connectivity index (χ2v) is 9.08. The Kier molecular flexibility index (Phi) is 4.80. The van der Waals surface area contributed by atoms with Gasteiger partial charge < -0.3 is 15.1 Å². The predicted octanol–water partition coefficient (Wildman–Crippen LogP) is 4.98. The Morgan fingerprint density at radius 2 is 1.96 bits per heavy atom. The first-order valence-electron chi connectivity index (χ1n) is 11.1. The summed E-state index contributed by atoms with van der Waals surface area (Å²) in [6, 6.07) is 16.7. The van der Waals surface area contributed by atoms with Gasteiger partial charge in [-0.15, -0.1) is 0 Å². The normalized spacial score (nSPS) is 24.4. The summed E-state index contributed by atoms with van der Waals surface area (Å²) in [6.45, 7) is 10.5. The van der Waals surface area contributed by atoms with E-state index in [1.54, 1.807) is 5.56 Å². The smallest absolute Gasteiger partial charge is 0.0642 e. The Bertz CT molecular complexity index is 828. The molecule has 3 unspecified atom stereocenters. The van der Waals surface area contributed by atoms with E-state index in [0.29, 0.717) is 11.8 Å². The molecule has 1 saturated heterocycles. The van der Waals surface area contributed by atoms with Crippen LogP contribution in [-0.4, -0.2) is 43.7 Å². The van der Waals surface area contributed by atoms with Crippen LogP contribution in [0.2, 0.25) is 0 Å². The van der Waals surface area contributed by atoms with E-state index in [2.05, 4.69) is 71.4 Å². The molecule has 0 spiro atoms. The van der Waals surface area contributed by atoms with Gasteiger partial charge in [0.05, 0.1) is 11.4 Å². The topological polar surface area (TPSA) is 18.5 Å². The Balaban J connectivity index is 1.20. The number of piperidine rings is 1. The van der Waals surface area contributed by atoms with E-state index < -0.39 is 0 Å². The first-order valence-corrected chi connectivity index (χ1v) is 11.1. The van der Waals surface area contributed by atoms with Crippen molar-refractivity contribution in [1.29, 1.82) is 0 Å². The zero-order chi connectivity index (χ0) is 19.1. The summed E-state index contributed by atoms with van der Waals surface area (Å²) in [5.41, 5.74) is 7.30. The van der Waals surface area contributed by atoms with E-state index in [9.17, 15) is 0 Å². The van der Waals surface area contributed by atoms with Crippen LogP contribution in [0, 0.1) is 6.92 Å². The van der Waals surface area contributed by atoms with E-state index >= 15 is 0 Å². The van der Waals surface area contributed by atoms with Crippen LogP contribution in [0.3, 0.4) is 0 Å². The maximum atomic E-state index is 3.61. The molecule has 0 amide bonds. The van der Waals surface area contributed by atoms with Crippen LogP contribution in [0.25, 0.3) is 0 Å². The lowest BCUT2D eigenvalue weighted by Crippen LogP contribution is -2.48. The number of nitrogens with zero attached hydrogens (tertiary/aromatic N) is 2. The highest BCUT2D eigenvalue weighted by Crippen LogP contribution is 2.49. The number of nitrogens with one attached hydrogen (secondary N) is 1. The first kappa shape index (κ1) is 18.1. The molecule has 148 valence electrons. The van der Waals surface area contributed by atoms with Gasteiger partial charge in [0, 0.05) is 38.1 Å². The number of hydrogen-bond donors (Lipinski definition) is 1. The minimum Gasteiger partial charge on any atom is -0.382 e. The van der Waals surface area contributed by atoms with Crippen LogP contribution >= 0.6 is 0 Å². The average Bonchev–Trinajstić information content (AvgIpc) is 3.04. The maximum Gasteiger partial charge on any atom is 0.0642 e. The van der Waals surface area contributed by atoms with Gasteiger partial charge in [0.15, 0.2) is 0 Å². The van der Waals surface area contributed by atoms with Gasteiger partial charge in [0.1, 0.15) is 0 Å². The Labute approximate surface area is 169 Å². The fraction of sp³-hybridized carbons (Fsp3) is 0.520. The van der Waals surface area contributed by atoms with Crippen molar-refractivity contribution < 1.29 is 0 Å². The summed E-state index contributed by atoms with van der Waals surface area (Å²) in [5.74, 6) is 1.35. The van der Waals surface area contributed by atoms with Crippen LogP contribution in [-0.2, 0) is 0 Å². The average molecular weight is 376 g/mol. The SMILES string of the molecule is Cc1ccc(C(C)CCCN2CCC3C(C2)c2cccc4c2N3CCN4)cc1. The Morgan fingerprint density at radius 1 is 1.11 bits per heavy atom. The largest absolute Gasteiger partial charge is 0.382 e. The van der Waals surface area contributed by atoms with Crippen molar-refractivity contribution in [1.82, 2.24) is 4.90 Å². The van der Waals surface area contributed by atoms with Crippen LogP contribution in [0.4, 0.5) is 11.4 Å². The number of para-hydroxylation sites is 1. The second kappa shape index (κ2) is 7.44. The molecule has 2 aromatic rings. The lowest BCUT2D eigenvalue weighted by atomic mass is 9.88. The van der Waals surface area contributed by atoms with Crippen LogP contribution in [0.1, 0.15) is 54.7 Å². The summed E-state index contributed by atoms with van der Waals surface area (Å²) in [4.78, 5) is 5.44. The lowest BCUT2D eigenvalue weighted by molar-refractivity contribution is 0.189. The molecule has 0 bridgehead atoms. The molecule has 0 radical (unpaired) electrons.